The molecule has 0 saturated heterocycles. The van der Waals surface area contributed by atoms with E-state index < -0.39 is 36.6 Å². The first-order valence-electron chi connectivity index (χ1n) is 14.7. The molecule has 1 aliphatic heterocycles. The highest BCUT2D eigenvalue weighted by Gasteiger charge is 2.34. The number of hydrogen-bond donors (Lipinski definition) is 4. The fraction of sp³-hybridized carbons (Fsp3) is 0.529. The predicted octanol–water partition coefficient (Wildman–Crippen LogP) is 5.65. The minimum atomic E-state index is -0.882. The molecule has 1 amide bonds. The Morgan fingerprint density at radius 1 is 1.02 bits per heavy atom. The Bertz CT molecular complexity index is 1140. The van der Waals surface area contributed by atoms with Crippen LogP contribution in [-0.4, -0.2) is 51.8 Å². The minimum absolute atomic E-state index is 0.141. The molecule has 0 aliphatic carbocycles. The number of benzene rings is 1. The van der Waals surface area contributed by atoms with Gasteiger partial charge in [0, 0.05) is 35.7 Å². The molecule has 0 bridgehead atoms. The molecule has 1 heterocycles. The third-order valence-corrected chi connectivity index (χ3v) is 8.10. The molecule has 1 aromatic rings. The lowest BCUT2D eigenvalue weighted by molar-refractivity contribution is -0.0266. The SMILES string of the molecule is C=C/C=C\[C@H](C)[C@H](OC(N)=O)[C@@H](C)[C@H](O)[C@@H](C)C/C(C)=C\[C@H](C)[C@@H](O)[C@@H](C)/C=C\[C@@H](O)C[C@H]1OC(=O)c2ccccc21. The van der Waals surface area contributed by atoms with Crippen molar-refractivity contribution in [2.45, 2.75) is 84.9 Å². The van der Waals surface area contributed by atoms with Gasteiger partial charge in [0.15, 0.2) is 0 Å². The Kier molecular flexibility index (Phi) is 13.7. The Labute approximate surface area is 250 Å². The second-order valence-corrected chi connectivity index (χ2v) is 11.8. The quantitative estimate of drug-likeness (QED) is 0.112. The Morgan fingerprint density at radius 3 is 2.33 bits per heavy atom. The normalized spacial score (nSPS) is 22.0. The number of esters is 1. The number of rotatable bonds is 16. The van der Waals surface area contributed by atoms with E-state index in [1.165, 1.54) is 0 Å². The zero-order chi connectivity index (χ0) is 31.6. The molecule has 0 saturated carbocycles. The van der Waals surface area contributed by atoms with Crippen molar-refractivity contribution in [1.82, 2.24) is 0 Å². The van der Waals surface area contributed by atoms with Crippen LogP contribution in [0.5, 0.6) is 0 Å². The monoisotopic (exact) mass is 583 g/mol. The van der Waals surface area contributed by atoms with Gasteiger partial charge in [-0.05, 0) is 25.3 Å². The van der Waals surface area contributed by atoms with E-state index in [0.717, 1.165) is 11.1 Å². The molecule has 5 N–H and O–H groups in total. The molecule has 0 unspecified atom stereocenters. The van der Waals surface area contributed by atoms with Crippen LogP contribution in [0, 0.1) is 29.6 Å². The van der Waals surface area contributed by atoms with Gasteiger partial charge in [-0.1, -0.05) is 101 Å². The van der Waals surface area contributed by atoms with Gasteiger partial charge in [-0.2, -0.15) is 0 Å². The van der Waals surface area contributed by atoms with E-state index >= 15 is 0 Å². The summed E-state index contributed by atoms with van der Waals surface area (Å²) in [5.74, 6) is -1.48. The molecular formula is C34H49NO7. The summed E-state index contributed by atoms with van der Waals surface area (Å²) >= 11 is 0. The van der Waals surface area contributed by atoms with Crippen molar-refractivity contribution in [3.63, 3.8) is 0 Å². The summed E-state index contributed by atoms with van der Waals surface area (Å²) in [4.78, 5) is 23.6. The van der Waals surface area contributed by atoms with Crippen LogP contribution in [0.15, 0.2) is 72.9 Å². The van der Waals surface area contributed by atoms with Crippen LogP contribution in [0.2, 0.25) is 0 Å². The van der Waals surface area contributed by atoms with Crippen molar-refractivity contribution >= 4 is 12.1 Å². The third kappa shape index (κ3) is 9.96. The molecule has 232 valence electrons. The largest absolute Gasteiger partial charge is 0.454 e. The first kappa shape index (κ1) is 35.0. The molecule has 8 nitrogen and oxygen atoms in total. The van der Waals surface area contributed by atoms with Gasteiger partial charge in [0.1, 0.15) is 12.2 Å². The molecule has 42 heavy (non-hydrogen) atoms. The number of primary amides is 1. The van der Waals surface area contributed by atoms with Gasteiger partial charge >= 0.3 is 12.1 Å². The van der Waals surface area contributed by atoms with E-state index in [4.69, 9.17) is 15.2 Å². The first-order valence-corrected chi connectivity index (χ1v) is 14.7. The van der Waals surface area contributed by atoms with Gasteiger partial charge in [-0.25, -0.2) is 9.59 Å². The van der Waals surface area contributed by atoms with E-state index in [1.54, 1.807) is 36.4 Å². The molecule has 10 atom stereocenters. The molecule has 0 radical (unpaired) electrons. The van der Waals surface area contributed by atoms with Crippen molar-refractivity contribution in [2.24, 2.45) is 35.3 Å². The molecule has 2 rings (SSSR count). The summed E-state index contributed by atoms with van der Waals surface area (Å²) in [6.45, 7) is 15.1. The van der Waals surface area contributed by atoms with Crippen LogP contribution in [0.4, 0.5) is 4.79 Å². The van der Waals surface area contributed by atoms with Gasteiger partial charge in [0.2, 0.25) is 0 Å². The fourth-order valence-corrected chi connectivity index (χ4v) is 5.74. The standard InChI is InChI=1S/C34H49NO7/c1-8-9-12-22(4)32(42-34(35)40)25(7)31(38)24(6)18-20(2)17-23(5)30(37)21(3)15-16-26(36)19-29-27-13-10-11-14-28(27)33(39)41-29/h8-17,21-26,29-32,36-38H,1,18-19H2,2-7H3,(H2,35,40)/b12-9-,16-15-,20-17-/t21-,22-,23-,24-,25-,26+,29+,30-,31+,32-/m0/s1. The molecule has 0 spiro atoms. The minimum Gasteiger partial charge on any atom is -0.454 e. The highest BCUT2D eigenvalue weighted by Crippen LogP contribution is 2.34. The Hall–Kier alpha value is -3.20. The summed E-state index contributed by atoms with van der Waals surface area (Å²) in [6, 6.07) is 7.17. The van der Waals surface area contributed by atoms with Crippen LogP contribution >= 0.6 is 0 Å². The van der Waals surface area contributed by atoms with Crippen LogP contribution in [0.3, 0.4) is 0 Å². The number of ether oxygens (including phenoxy) is 2. The number of aliphatic hydroxyl groups excluding tert-OH is 3. The maximum absolute atomic E-state index is 12.0. The summed E-state index contributed by atoms with van der Waals surface area (Å²) < 4.78 is 10.8. The maximum Gasteiger partial charge on any atom is 0.404 e. The molecule has 1 aromatic carbocycles. The van der Waals surface area contributed by atoms with Gasteiger partial charge in [0.25, 0.3) is 0 Å². The number of cyclic esters (lactones) is 1. The van der Waals surface area contributed by atoms with Crippen molar-refractivity contribution < 1.29 is 34.4 Å². The number of amides is 1. The van der Waals surface area contributed by atoms with Crippen molar-refractivity contribution in [3.05, 3.63) is 84.0 Å². The van der Waals surface area contributed by atoms with Crippen LogP contribution in [-0.2, 0) is 9.47 Å². The Morgan fingerprint density at radius 2 is 1.69 bits per heavy atom. The molecule has 8 heteroatoms. The second-order valence-electron chi connectivity index (χ2n) is 11.8. The fourth-order valence-electron chi connectivity index (χ4n) is 5.74. The molecule has 0 fully saturated rings. The lowest BCUT2D eigenvalue weighted by atomic mass is 9.81. The number of nitrogens with two attached hydrogens (primary N) is 1. The zero-order valence-electron chi connectivity index (χ0n) is 25.7. The van der Waals surface area contributed by atoms with Crippen LogP contribution < -0.4 is 5.73 Å². The van der Waals surface area contributed by atoms with Crippen LogP contribution in [0.1, 0.15) is 76.4 Å². The van der Waals surface area contributed by atoms with E-state index in [0.29, 0.717) is 12.0 Å². The lowest BCUT2D eigenvalue weighted by Gasteiger charge is -2.33. The average molecular weight is 584 g/mol. The van der Waals surface area contributed by atoms with Crippen molar-refractivity contribution in [1.29, 1.82) is 0 Å². The van der Waals surface area contributed by atoms with Crippen molar-refractivity contribution in [3.8, 4) is 0 Å². The lowest BCUT2D eigenvalue weighted by Crippen LogP contribution is -2.41. The second kappa shape index (κ2) is 16.4. The summed E-state index contributed by atoms with van der Waals surface area (Å²) in [6.07, 6.45) is 7.26. The van der Waals surface area contributed by atoms with Gasteiger partial charge < -0.3 is 30.5 Å². The number of carbonyl (C=O) groups excluding carboxylic acids is 2. The smallest absolute Gasteiger partial charge is 0.404 e. The first-order chi connectivity index (χ1) is 19.8. The average Bonchev–Trinajstić information content (AvgIpc) is 3.26. The highest BCUT2D eigenvalue weighted by molar-refractivity contribution is 5.93. The molecule has 1 aliphatic rings. The highest BCUT2D eigenvalue weighted by atomic mass is 16.6. The maximum atomic E-state index is 12.0. The van der Waals surface area contributed by atoms with E-state index in [9.17, 15) is 24.9 Å². The molecular weight excluding hydrogens is 534 g/mol. The van der Waals surface area contributed by atoms with Gasteiger partial charge in [-0.15, -0.1) is 0 Å². The van der Waals surface area contributed by atoms with E-state index in [1.807, 2.05) is 65.8 Å². The topological polar surface area (TPSA) is 139 Å². The van der Waals surface area contributed by atoms with Gasteiger partial charge in [-0.3, -0.25) is 0 Å². The summed E-state index contributed by atoms with van der Waals surface area (Å²) in [5.41, 5.74) is 7.63. The number of hydrogen-bond acceptors (Lipinski definition) is 7. The van der Waals surface area contributed by atoms with Crippen molar-refractivity contribution in [2.75, 3.05) is 0 Å². The summed E-state index contributed by atoms with van der Waals surface area (Å²) in [5, 5.41) is 32.6. The third-order valence-electron chi connectivity index (χ3n) is 8.10. The molecule has 0 aromatic heterocycles. The van der Waals surface area contributed by atoms with E-state index in [2.05, 4.69) is 6.58 Å². The summed E-state index contributed by atoms with van der Waals surface area (Å²) in [7, 11) is 0. The zero-order valence-corrected chi connectivity index (χ0v) is 25.7. The van der Waals surface area contributed by atoms with Crippen LogP contribution in [0.25, 0.3) is 0 Å². The number of allylic oxidation sites excluding steroid dienone is 3. The number of aliphatic hydroxyl groups is 3. The number of carbonyl (C=O) groups is 2. The van der Waals surface area contributed by atoms with Gasteiger partial charge in [0.05, 0.1) is 23.9 Å². The number of fused-ring (bicyclic) bond motifs is 1. The predicted molar refractivity (Wildman–Crippen MR) is 164 cm³/mol. The van der Waals surface area contributed by atoms with E-state index in [-0.39, 0.29) is 42.0 Å². The Balaban J connectivity index is 1.95.